The zero-order valence-corrected chi connectivity index (χ0v) is 9.63. The fraction of sp³-hybridized carbons (Fsp3) is 0.182. The van der Waals surface area contributed by atoms with Gasteiger partial charge in [-0.15, -0.1) is 11.8 Å². The second-order valence-corrected chi connectivity index (χ2v) is 3.95. The molecule has 0 amide bonds. The number of furan rings is 1. The predicted octanol–water partition coefficient (Wildman–Crippen LogP) is 2.86. The monoisotopic (exact) mass is 238 g/mol. The standard InChI is InChI=1S/C11H10O4S/c1-14-6-3-4-7-8(5-6)15-9(11(12)13)10(7)16-2/h3-5H,1-2H3,(H,12,13). The molecule has 0 aliphatic carbocycles. The second kappa shape index (κ2) is 4.09. The maximum atomic E-state index is 11.0. The fourth-order valence-corrected chi connectivity index (χ4v) is 2.23. The number of fused-ring (bicyclic) bond motifs is 1. The van der Waals surface area contributed by atoms with Crippen molar-refractivity contribution >= 4 is 28.7 Å². The van der Waals surface area contributed by atoms with E-state index in [1.54, 1.807) is 25.3 Å². The average molecular weight is 238 g/mol. The lowest BCUT2D eigenvalue weighted by Gasteiger charge is -1.97. The molecule has 0 spiro atoms. The normalized spacial score (nSPS) is 10.6. The molecule has 84 valence electrons. The summed E-state index contributed by atoms with van der Waals surface area (Å²) < 4.78 is 10.3. The van der Waals surface area contributed by atoms with Crippen molar-refractivity contribution in [3.05, 3.63) is 24.0 Å². The molecule has 0 bridgehead atoms. The number of rotatable bonds is 3. The molecule has 2 rings (SSSR count). The van der Waals surface area contributed by atoms with Gasteiger partial charge in [0.05, 0.1) is 12.0 Å². The number of hydrogen-bond acceptors (Lipinski definition) is 4. The van der Waals surface area contributed by atoms with Crippen molar-refractivity contribution in [3.8, 4) is 5.75 Å². The van der Waals surface area contributed by atoms with Crippen LogP contribution in [0.5, 0.6) is 5.75 Å². The third-order valence-electron chi connectivity index (χ3n) is 2.25. The summed E-state index contributed by atoms with van der Waals surface area (Å²) in [4.78, 5) is 11.6. The van der Waals surface area contributed by atoms with Crippen LogP contribution in [0.3, 0.4) is 0 Å². The van der Waals surface area contributed by atoms with Gasteiger partial charge in [-0.05, 0) is 18.4 Å². The molecule has 16 heavy (non-hydrogen) atoms. The van der Waals surface area contributed by atoms with Crippen LogP contribution in [-0.2, 0) is 0 Å². The van der Waals surface area contributed by atoms with Gasteiger partial charge in [0.1, 0.15) is 11.3 Å². The summed E-state index contributed by atoms with van der Waals surface area (Å²) in [7, 11) is 1.55. The molecule has 1 N–H and O–H groups in total. The van der Waals surface area contributed by atoms with Crippen LogP contribution in [0, 0.1) is 0 Å². The molecule has 0 saturated carbocycles. The summed E-state index contributed by atoms with van der Waals surface area (Å²) in [6.07, 6.45) is 1.82. The Kier molecular flexibility index (Phi) is 2.78. The lowest BCUT2D eigenvalue weighted by Crippen LogP contribution is -1.94. The van der Waals surface area contributed by atoms with Crippen LogP contribution >= 0.6 is 11.8 Å². The zero-order valence-electron chi connectivity index (χ0n) is 8.81. The molecule has 0 aliphatic heterocycles. The Balaban J connectivity index is 2.71. The molecular formula is C11H10O4S. The van der Waals surface area contributed by atoms with E-state index in [-0.39, 0.29) is 5.76 Å². The number of aromatic carboxylic acids is 1. The number of thioether (sulfide) groups is 1. The lowest BCUT2D eigenvalue weighted by atomic mass is 10.2. The smallest absolute Gasteiger partial charge is 0.373 e. The number of carbonyl (C=O) groups is 1. The first-order valence-corrected chi connectivity index (χ1v) is 5.77. The Morgan fingerprint density at radius 1 is 1.50 bits per heavy atom. The number of ether oxygens (including phenoxy) is 1. The minimum absolute atomic E-state index is 0.0178. The Morgan fingerprint density at radius 2 is 2.25 bits per heavy atom. The Hall–Kier alpha value is -1.62. The molecule has 0 atom stereocenters. The first-order chi connectivity index (χ1) is 7.67. The Labute approximate surface area is 96.2 Å². The Morgan fingerprint density at radius 3 is 2.81 bits per heavy atom. The topological polar surface area (TPSA) is 59.7 Å². The van der Waals surface area contributed by atoms with E-state index in [1.165, 1.54) is 11.8 Å². The molecule has 5 heteroatoms. The third-order valence-corrected chi connectivity index (χ3v) is 3.06. The van der Waals surface area contributed by atoms with E-state index >= 15 is 0 Å². The van der Waals surface area contributed by atoms with Crippen molar-refractivity contribution in [1.29, 1.82) is 0 Å². The maximum absolute atomic E-state index is 11.0. The third kappa shape index (κ3) is 1.63. The molecule has 1 heterocycles. The zero-order chi connectivity index (χ0) is 11.7. The number of carboxylic acid groups (broad SMARTS) is 1. The first-order valence-electron chi connectivity index (χ1n) is 4.55. The van der Waals surface area contributed by atoms with E-state index in [9.17, 15) is 4.79 Å². The highest BCUT2D eigenvalue weighted by Crippen LogP contribution is 2.34. The summed E-state index contributed by atoms with van der Waals surface area (Å²) in [6, 6.07) is 5.26. The highest BCUT2D eigenvalue weighted by atomic mass is 32.2. The van der Waals surface area contributed by atoms with Crippen LogP contribution in [0.2, 0.25) is 0 Å². The van der Waals surface area contributed by atoms with E-state index in [0.717, 1.165) is 5.39 Å². The molecule has 4 nitrogen and oxygen atoms in total. The van der Waals surface area contributed by atoms with E-state index in [1.807, 2.05) is 6.26 Å². The van der Waals surface area contributed by atoms with Gasteiger partial charge in [-0.3, -0.25) is 0 Å². The van der Waals surface area contributed by atoms with Crippen LogP contribution in [0.15, 0.2) is 27.5 Å². The fourth-order valence-electron chi connectivity index (χ4n) is 1.52. The van der Waals surface area contributed by atoms with Crippen LogP contribution in [-0.4, -0.2) is 24.4 Å². The van der Waals surface area contributed by atoms with Gasteiger partial charge in [0.15, 0.2) is 0 Å². The van der Waals surface area contributed by atoms with Crippen molar-refractivity contribution in [1.82, 2.24) is 0 Å². The molecule has 0 saturated heterocycles. The van der Waals surface area contributed by atoms with Gasteiger partial charge < -0.3 is 14.3 Å². The van der Waals surface area contributed by atoms with Gasteiger partial charge in [-0.25, -0.2) is 4.79 Å². The van der Waals surface area contributed by atoms with Crippen LogP contribution in [0.25, 0.3) is 11.0 Å². The minimum Gasteiger partial charge on any atom is -0.497 e. The van der Waals surface area contributed by atoms with Crippen molar-refractivity contribution in [2.75, 3.05) is 13.4 Å². The van der Waals surface area contributed by atoms with Crippen LogP contribution < -0.4 is 4.74 Å². The summed E-state index contributed by atoms with van der Waals surface area (Å²) in [5.74, 6) is -0.430. The van der Waals surface area contributed by atoms with Gasteiger partial charge in [0.2, 0.25) is 5.76 Å². The molecular weight excluding hydrogens is 228 g/mol. The van der Waals surface area contributed by atoms with E-state index in [0.29, 0.717) is 16.2 Å². The number of benzene rings is 1. The second-order valence-electron chi connectivity index (χ2n) is 3.13. The quantitative estimate of drug-likeness (QED) is 0.833. The Bertz CT molecular complexity index is 544. The summed E-state index contributed by atoms with van der Waals surface area (Å²) in [6.45, 7) is 0. The molecule has 1 aromatic carbocycles. The predicted molar refractivity (Wildman–Crippen MR) is 61.5 cm³/mol. The van der Waals surface area contributed by atoms with Crippen molar-refractivity contribution in [2.24, 2.45) is 0 Å². The molecule has 0 unspecified atom stereocenters. The molecule has 1 aromatic heterocycles. The molecule has 0 aliphatic rings. The van der Waals surface area contributed by atoms with Crippen molar-refractivity contribution in [2.45, 2.75) is 4.90 Å². The largest absolute Gasteiger partial charge is 0.497 e. The highest BCUT2D eigenvalue weighted by molar-refractivity contribution is 7.98. The van der Waals surface area contributed by atoms with Crippen molar-refractivity contribution in [3.63, 3.8) is 0 Å². The van der Waals surface area contributed by atoms with Gasteiger partial charge in [0, 0.05) is 11.5 Å². The number of methoxy groups -OCH3 is 1. The number of carboxylic acids is 1. The van der Waals surface area contributed by atoms with E-state index in [2.05, 4.69) is 0 Å². The molecule has 0 radical (unpaired) electrons. The SMILES string of the molecule is COc1ccc2c(SC)c(C(=O)O)oc2c1. The summed E-state index contributed by atoms with van der Waals surface area (Å²) in [5.41, 5.74) is 0.529. The summed E-state index contributed by atoms with van der Waals surface area (Å²) in [5, 5.41) is 9.78. The van der Waals surface area contributed by atoms with Crippen molar-refractivity contribution < 1.29 is 19.1 Å². The molecule has 0 fully saturated rings. The van der Waals surface area contributed by atoms with Gasteiger partial charge >= 0.3 is 5.97 Å². The average Bonchev–Trinajstić information content (AvgIpc) is 2.66. The first kappa shape index (κ1) is 10.9. The van der Waals surface area contributed by atoms with Gasteiger partial charge in [0.25, 0.3) is 0 Å². The lowest BCUT2D eigenvalue weighted by molar-refractivity contribution is 0.0660. The highest BCUT2D eigenvalue weighted by Gasteiger charge is 2.19. The van der Waals surface area contributed by atoms with E-state index in [4.69, 9.17) is 14.3 Å². The number of hydrogen-bond donors (Lipinski definition) is 1. The minimum atomic E-state index is -1.06. The molecule has 2 aromatic rings. The maximum Gasteiger partial charge on any atom is 0.373 e. The van der Waals surface area contributed by atoms with Gasteiger partial charge in [-0.1, -0.05) is 0 Å². The van der Waals surface area contributed by atoms with Gasteiger partial charge in [-0.2, -0.15) is 0 Å². The van der Waals surface area contributed by atoms with E-state index < -0.39 is 5.97 Å². The van der Waals surface area contributed by atoms with Crippen LogP contribution in [0.4, 0.5) is 0 Å². The summed E-state index contributed by atoms with van der Waals surface area (Å²) >= 11 is 1.36. The van der Waals surface area contributed by atoms with Crippen LogP contribution in [0.1, 0.15) is 10.6 Å².